The number of thiophene rings is 1. The van der Waals surface area contributed by atoms with Gasteiger partial charge in [0.25, 0.3) is 0 Å². The predicted molar refractivity (Wildman–Crippen MR) is 97.7 cm³/mol. The van der Waals surface area contributed by atoms with Crippen molar-refractivity contribution in [1.29, 1.82) is 0 Å². The molecule has 3 rings (SSSR count). The van der Waals surface area contributed by atoms with Crippen LogP contribution in [0.5, 0.6) is 0 Å². The van der Waals surface area contributed by atoms with Crippen LogP contribution >= 0.6 is 27.3 Å². The van der Waals surface area contributed by atoms with Crippen LogP contribution in [0.4, 0.5) is 0 Å². The zero-order valence-electron chi connectivity index (χ0n) is 12.7. The number of rotatable bonds is 5. The Kier molecular flexibility index (Phi) is 5.08. The highest BCUT2D eigenvalue weighted by molar-refractivity contribution is 9.10. The van der Waals surface area contributed by atoms with Gasteiger partial charge in [0, 0.05) is 20.3 Å². The number of benzene rings is 1. The molecule has 3 nitrogen and oxygen atoms in total. The van der Waals surface area contributed by atoms with E-state index in [0.29, 0.717) is 11.6 Å². The van der Waals surface area contributed by atoms with Gasteiger partial charge in [-0.15, -0.1) is 11.3 Å². The number of aliphatic imine (C=N–C) groups is 1. The van der Waals surface area contributed by atoms with E-state index in [9.17, 15) is 4.79 Å². The van der Waals surface area contributed by atoms with Crippen molar-refractivity contribution in [2.45, 2.75) is 26.2 Å². The monoisotopic (exact) mass is 389 g/mol. The van der Waals surface area contributed by atoms with Gasteiger partial charge in [-0.3, -0.25) is 0 Å². The minimum absolute atomic E-state index is 0.337. The van der Waals surface area contributed by atoms with Gasteiger partial charge in [-0.05, 0) is 58.6 Å². The van der Waals surface area contributed by atoms with E-state index in [1.54, 1.807) is 17.4 Å². The molecule has 0 N–H and O–H groups in total. The van der Waals surface area contributed by atoms with Gasteiger partial charge in [-0.25, -0.2) is 9.79 Å². The molecule has 1 aromatic carbocycles. The van der Waals surface area contributed by atoms with Crippen molar-refractivity contribution in [3.63, 3.8) is 0 Å². The quantitative estimate of drug-likeness (QED) is 0.520. The first-order valence-electron chi connectivity index (χ1n) is 7.51. The second kappa shape index (κ2) is 7.23. The SMILES string of the molecule is CCCCc1ccc(C2=N/C(=C\c3cc(Br)cs3)C(=O)O2)cc1. The number of carbonyl (C=O) groups excluding carboxylic acids is 1. The Morgan fingerprint density at radius 1 is 1.30 bits per heavy atom. The van der Waals surface area contributed by atoms with Gasteiger partial charge in [0.1, 0.15) is 0 Å². The molecule has 0 radical (unpaired) electrons. The number of hydrogen-bond acceptors (Lipinski definition) is 4. The molecule has 1 aromatic heterocycles. The standard InChI is InChI=1S/C18H16BrNO2S/c1-2-3-4-12-5-7-13(8-6-12)17-20-16(18(21)22-17)10-15-9-14(19)11-23-15/h5-11H,2-4H2,1H3/b16-10-. The van der Waals surface area contributed by atoms with Crippen molar-refractivity contribution in [2.75, 3.05) is 0 Å². The molecule has 0 amide bonds. The molecule has 1 aliphatic heterocycles. The molecule has 118 valence electrons. The first-order chi connectivity index (χ1) is 11.2. The number of nitrogens with zero attached hydrogens (tertiary/aromatic N) is 1. The number of hydrogen-bond donors (Lipinski definition) is 0. The van der Waals surface area contributed by atoms with Crippen LogP contribution in [-0.2, 0) is 16.0 Å². The lowest BCUT2D eigenvalue weighted by molar-refractivity contribution is -0.129. The zero-order chi connectivity index (χ0) is 16.2. The number of unbranched alkanes of at least 4 members (excludes halogenated alkanes) is 1. The van der Waals surface area contributed by atoms with E-state index >= 15 is 0 Å². The Morgan fingerprint density at radius 3 is 2.74 bits per heavy atom. The fourth-order valence-corrected chi connectivity index (χ4v) is 3.64. The summed E-state index contributed by atoms with van der Waals surface area (Å²) in [4.78, 5) is 17.3. The first-order valence-corrected chi connectivity index (χ1v) is 9.19. The summed E-state index contributed by atoms with van der Waals surface area (Å²) in [7, 11) is 0. The molecule has 0 fully saturated rings. The van der Waals surface area contributed by atoms with Crippen molar-refractivity contribution < 1.29 is 9.53 Å². The largest absolute Gasteiger partial charge is 0.402 e. The maximum Gasteiger partial charge on any atom is 0.363 e. The van der Waals surface area contributed by atoms with Gasteiger partial charge in [-0.2, -0.15) is 0 Å². The van der Waals surface area contributed by atoms with Crippen LogP contribution in [0.15, 0.2) is 50.9 Å². The molecule has 23 heavy (non-hydrogen) atoms. The van der Waals surface area contributed by atoms with Crippen LogP contribution in [0, 0.1) is 0 Å². The van der Waals surface area contributed by atoms with Gasteiger partial charge < -0.3 is 4.74 Å². The topological polar surface area (TPSA) is 38.7 Å². The highest BCUT2D eigenvalue weighted by Crippen LogP contribution is 2.25. The summed E-state index contributed by atoms with van der Waals surface area (Å²) in [5, 5.41) is 1.96. The van der Waals surface area contributed by atoms with Crippen molar-refractivity contribution in [3.8, 4) is 0 Å². The number of halogens is 1. The molecule has 0 spiro atoms. The van der Waals surface area contributed by atoms with Gasteiger partial charge in [-0.1, -0.05) is 25.5 Å². The van der Waals surface area contributed by atoms with Gasteiger partial charge in [0.15, 0.2) is 5.70 Å². The third kappa shape index (κ3) is 3.98. The Hall–Kier alpha value is -1.72. The molecule has 0 bridgehead atoms. The first kappa shape index (κ1) is 16.1. The highest BCUT2D eigenvalue weighted by atomic mass is 79.9. The predicted octanol–water partition coefficient (Wildman–Crippen LogP) is 5.20. The molecule has 1 aliphatic rings. The van der Waals surface area contributed by atoms with E-state index < -0.39 is 5.97 Å². The van der Waals surface area contributed by atoms with E-state index in [1.807, 2.05) is 23.6 Å². The molecule has 5 heteroatoms. The summed E-state index contributed by atoms with van der Waals surface area (Å²) in [6.07, 6.45) is 5.18. The van der Waals surface area contributed by atoms with E-state index in [2.05, 4.69) is 40.0 Å². The van der Waals surface area contributed by atoms with Crippen molar-refractivity contribution >= 4 is 45.2 Å². The highest BCUT2D eigenvalue weighted by Gasteiger charge is 2.24. The second-order valence-corrected chi connectivity index (χ2v) is 7.16. The van der Waals surface area contributed by atoms with Crippen LogP contribution in [0.2, 0.25) is 0 Å². The zero-order valence-corrected chi connectivity index (χ0v) is 15.1. The van der Waals surface area contributed by atoms with Crippen LogP contribution < -0.4 is 0 Å². The third-order valence-corrected chi connectivity index (χ3v) is 5.15. The second-order valence-electron chi connectivity index (χ2n) is 5.30. The lowest BCUT2D eigenvalue weighted by atomic mass is 10.1. The van der Waals surface area contributed by atoms with Crippen molar-refractivity contribution in [2.24, 2.45) is 4.99 Å². The summed E-state index contributed by atoms with van der Waals surface area (Å²) >= 11 is 4.94. The average molecular weight is 390 g/mol. The molecular formula is C18H16BrNO2S. The molecule has 0 saturated carbocycles. The van der Waals surface area contributed by atoms with E-state index in [4.69, 9.17) is 4.74 Å². The summed E-state index contributed by atoms with van der Waals surface area (Å²) in [6.45, 7) is 2.18. The maximum absolute atomic E-state index is 12.0. The summed E-state index contributed by atoms with van der Waals surface area (Å²) in [5.41, 5.74) is 2.46. The van der Waals surface area contributed by atoms with Crippen LogP contribution in [-0.4, -0.2) is 11.9 Å². The van der Waals surface area contributed by atoms with E-state index in [-0.39, 0.29) is 0 Å². The molecule has 2 heterocycles. The lowest BCUT2D eigenvalue weighted by Crippen LogP contribution is -2.05. The molecule has 0 unspecified atom stereocenters. The van der Waals surface area contributed by atoms with Crippen LogP contribution in [0.25, 0.3) is 6.08 Å². The minimum atomic E-state index is -0.403. The summed E-state index contributed by atoms with van der Waals surface area (Å²) in [6, 6.07) is 10.0. The van der Waals surface area contributed by atoms with E-state index in [1.165, 1.54) is 18.4 Å². The minimum Gasteiger partial charge on any atom is -0.402 e. The van der Waals surface area contributed by atoms with Gasteiger partial charge in [0.05, 0.1) is 0 Å². The van der Waals surface area contributed by atoms with Crippen molar-refractivity contribution in [3.05, 3.63) is 61.9 Å². The molecule has 0 atom stereocenters. The molecule has 0 aliphatic carbocycles. The van der Waals surface area contributed by atoms with Crippen molar-refractivity contribution in [1.82, 2.24) is 0 Å². The molecular weight excluding hydrogens is 374 g/mol. The average Bonchev–Trinajstić information content (AvgIpc) is 3.12. The Morgan fingerprint density at radius 2 is 2.09 bits per heavy atom. The summed E-state index contributed by atoms with van der Waals surface area (Å²) < 4.78 is 6.29. The smallest absolute Gasteiger partial charge is 0.363 e. The fourth-order valence-electron chi connectivity index (χ4n) is 2.27. The number of ether oxygens (including phenoxy) is 1. The number of cyclic esters (lactones) is 1. The lowest BCUT2D eigenvalue weighted by Gasteiger charge is -2.02. The Bertz CT molecular complexity index is 775. The maximum atomic E-state index is 12.0. The molecule has 2 aromatic rings. The summed E-state index contributed by atoms with van der Waals surface area (Å²) in [5.74, 6) is -0.0292. The van der Waals surface area contributed by atoms with Crippen LogP contribution in [0.3, 0.4) is 0 Å². The third-order valence-electron chi connectivity index (χ3n) is 3.51. The fraction of sp³-hybridized carbons (Fsp3) is 0.222. The van der Waals surface area contributed by atoms with Gasteiger partial charge >= 0.3 is 5.97 Å². The Balaban J connectivity index is 1.79. The van der Waals surface area contributed by atoms with E-state index in [0.717, 1.165) is 21.3 Å². The number of carbonyl (C=O) groups is 1. The van der Waals surface area contributed by atoms with Gasteiger partial charge in [0.2, 0.25) is 5.90 Å². The molecule has 0 saturated heterocycles. The Labute approximate surface area is 147 Å². The number of esters is 1. The number of aryl methyl sites for hydroxylation is 1. The van der Waals surface area contributed by atoms with Crippen LogP contribution in [0.1, 0.15) is 35.8 Å². The normalized spacial score (nSPS) is 15.8.